The maximum Gasteiger partial charge on any atom is 2.00 e. The quantitative estimate of drug-likeness (QED) is 0.313. The Labute approximate surface area is 156 Å². The van der Waals surface area contributed by atoms with Gasteiger partial charge >= 0.3 is 45.6 Å². The Morgan fingerprint density at radius 3 is 2.12 bits per heavy atom. The number of esters is 1. The van der Waals surface area contributed by atoms with Crippen molar-refractivity contribution in [2.24, 2.45) is 17.8 Å². The first-order valence-corrected chi connectivity index (χ1v) is 7.30. The molecule has 1 saturated carbocycles. The summed E-state index contributed by atoms with van der Waals surface area (Å²) < 4.78 is 20.6. The topological polar surface area (TPSA) is 105 Å². The van der Waals surface area contributed by atoms with Crippen molar-refractivity contribution in [2.45, 2.75) is 53.1 Å². The first-order chi connectivity index (χ1) is 11.0. The number of unbranched alkanes of at least 4 members (excludes halogenated alkanes) is 1. The largest absolute Gasteiger partial charge is 2.00 e. The van der Waals surface area contributed by atoms with E-state index in [1.54, 1.807) is 6.42 Å². The van der Waals surface area contributed by atoms with Gasteiger partial charge in [-0.15, -0.1) is 0 Å². The summed E-state index contributed by atoms with van der Waals surface area (Å²) in [4.78, 5) is 18.9. The molecule has 135 valence electrons. The van der Waals surface area contributed by atoms with Gasteiger partial charge in [0.25, 0.3) is 0 Å². The molecule has 0 aliphatic heterocycles. The van der Waals surface area contributed by atoms with Crippen LogP contribution in [0.1, 0.15) is 47.0 Å². The molecule has 24 heavy (non-hydrogen) atoms. The van der Waals surface area contributed by atoms with Gasteiger partial charge in [0.15, 0.2) is 0 Å². The van der Waals surface area contributed by atoms with Crippen LogP contribution in [0.2, 0.25) is 0 Å². The predicted octanol–water partition coefficient (Wildman–Crippen LogP) is 3.87. The fourth-order valence-electron chi connectivity index (χ4n) is 2.61. The van der Waals surface area contributed by atoms with E-state index in [1.807, 2.05) is 13.3 Å². The van der Waals surface area contributed by atoms with Crippen LogP contribution in [-0.2, 0) is 35.9 Å². The van der Waals surface area contributed by atoms with Gasteiger partial charge in [-0.05, 0) is 43.4 Å². The summed E-state index contributed by atoms with van der Waals surface area (Å²) >= 11 is 0. The number of ether oxygens (including phenoxy) is 1. The zero-order chi connectivity index (χ0) is 18.8. The van der Waals surface area contributed by atoms with Gasteiger partial charge in [0, 0.05) is 0 Å². The van der Waals surface area contributed by atoms with E-state index in [0.29, 0.717) is 17.8 Å². The summed E-state index contributed by atoms with van der Waals surface area (Å²) in [6.07, 6.45) is 8.64. The minimum atomic E-state index is -0.201. The van der Waals surface area contributed by atoms with Crippen LogP contribution < -0.4 is 0 Å². The minimum absolute atomic E-state index is 0. The second kappa shape index (κ2) is 22.1. The number of carbonyl (C=O) groups excluding carboxylic acids is 1. The van der Waals surface area contributed by atoms with Crippen molar-refractivity contribution in [3.63, 3.8) is 0 Å². The smallest absolute Gasteiger partial charge is 0.577 e. The molecule has 1 aliphatic carbocycles. The average Bonchev–Trinajstić information content (AvgIpc) is 2.58. The molecule has 0 bridgehead atoms. The van der Waals surface area contributed by atoms with E-state index in [-0.39, 0.29) is 29.1 Å². The second-order valence-electron chi connectivity index (χ2n) is 5.49. The summed E-state index contributed by atoms with van der Waals surface area (Å²) in [5.74, 6) is 1.58. The molecule has 1 aliphatic rings. The molecular formula is C17H25FeNO5+. The second-order valence-corrected chi connectivity index (χ2v) is 5.49. The maximum atomic E-state index is 11.6. The molecule has 0 aromatic carbocycles. The SMILES string of the molecule is C[CH][CH][CH]C(=O)O[C@@H]1C[C@H](C)CC[C@H]1C(C)C.[C-]#[O+].[C-]#[O+].[Fe+2].[N-]=O. The fourth-order valence-corrected chi connectivity index (χ4v) is 2.61. The first-order valence-electron chi connectivity index (χ1n) is 7.30. The molecule has 0 aromatic rings. The molecule has 0 saturated heterocycles. The molecule has 0 spiro atoms. The van der Waals surface area contributed by atoms with Gasteiger partial charge in [0.2, 0.25) is 0 Å². The van der Waals surface area contributed by atoms with E-state index in [1.165, 1.54) is 19.3 Å². The van der Waals surface area contributed by atoms with Crippen LogP contribution in [0.3, 0.4) is 0 Å². The molecule has 1 fully saturated rings. The molecule has 0 amide bonds. The van der Waals surface area contributed by atoms with Crippen molar-refractivity contribution >= 4 is 5.97 Å². The Morgan fingerprint density at radius 1 is 1.21 bits per heavy atom. The van der Waals surface area contributed by atoms with Crippen molar-refractivity contribution in [3.05, 3.63) is 43.1 Å². The summed E-state index contributed by atoms with van der Waals surface area (Å²) in [6.45, 7) is 17.6. The summed E-state index contributed by atoms with van der Waals surface area (Å²) in [5, 5.41) is 0. The van der Waals surface area contributed by atoms with Crippen LogP contribution in [0.25, 0.3) is 5.59 Å². The molecule has 1 rings (SSSR count). The van der Waals surface area contributed by atoms with E-state index in [9.17, 15) is 4.79 Å². The number of carbonyl (C=O) groups is 1. The van der Waals surface area contributed by atoms with Gasteiger partial charge in [-0.2, -0.15) is 0 Å². The molecule has 0 unspecified atom stereocenters. The fraction of sp³-hybridized carbons (Fsp3) is 0.647. The molecule has 3 atom stereocenters. The number of hydrogen-bond acceptors (Lipinski definition) is 3. The van der Waals surface area contributed by atoms with E-state index in [0.717, 1.165) is 6.42 Å². The number of nitroso groups, excluding NO2 is 1. The molecular weight excluding hydrogens is 354 g/mol. The Morgan fingerprint density at radius 2 is 1.71 bits per heavy atom. The van der Waals surface area contributed by atoms with Gasteiger partial charge in [-0.3, -0.25) is 4.79 Å². The van der Waals surface area contributed by atoms with Crippen molar-refractivity contribution < 1.29 is 35.9 Å². The molecule has 7 heteroatoms. The van der Waals surface area contributed by atoms with E-state index >= 15 is 0 Å². The van der Waals surface area contributed by atoms with Gasteiger partial charge in [0.05, 0.1) is 6.42 Å². The number of hydrogen-bond donors (Lipinski definition) is 0. The zero-order valence-electron chi connectivity index (χ0n) is 14.5. The van der Waals surface area contributed by atoms with Crippen molar-refractivity contribution in [1.29, 1.82) is 0 Å². The summed E-state index contributed by atoms with van der Waals surface area (Å²) in [5.41, 5.74) is 5.75. The van der Waals surface area contributed by atoms with E-state index < -0.39 is 0 Å². The molecule has 0 aromatic heterocycles. The Bertz CT molecular complexity index is 327. The number of nitrogens with zero attached hydrogens (tertiary/aromatic N) is 1. The Balaban J connectivity index is -0.000000256. The third-order valence-corrected chi connectivity index (χ3v) is 3.65. The van der Waals surface area contributed by atoms with Crippen molar-refractivity contribution in [1.82, 2.24) is 0 Å². The standard InChI is InChI=1S/C15H25O2.2CO.Fe.NO/c1-5-6-7-15(16)17-14-10-12(4)8-9-13(14)11(2)3;2*1-2;;1-2/h5-7,11-14H,8-10H2,1-4H3;;;;/q;;;+2;-1/t12-,13+,14-;;;;/m1..../s1. The normalized spacial score (nSPS) is 21.1. The molecule has 0 N–H and O–H groups in total. The Kier molecular flexibility index (Phi) is 28.4. The zero-order valence-corrected chi connectivity index (χ0v) is 15.6. The van der Waals surface area contributed by atoms with Crippen LogP contribution in [0.4, 0.5) is 0 Å². The molecule has 0 heterocycles. The third kappa shape index (κ3) is 14.6. The Hall–Kier alpha value is -0.931. The first kappa shape index (κ1) is 30.9. The monoisotopic (exact) mass is 379 g/mol. The van der Waals surface area contributed by atoms with Crippen LogP contribution in [0.5, 0.6) is 0 Å². The van der Waals surface area contributed by atoms with Gasteiger partial charge in [0.1, 0.15) is 6.10 Å². The van der Waals surface area contributed by atoms with Crippen LogP contribution in [-0.4, -0.2) is 12.1 Å². The van der Waals surface area contributed by atoms with Crippen LogP contribution in [0.15, 0.2) is 0 Å². The average molecular weight is 379 g/mol. The van der Waals surface area contributed by atoms with Gasteiger partial charge < -0.3 is 15.2 Å². The summed E-state index contributed by atoms with van der Waals surface area (Å²) in [7, 11) is 0. The molecule has 3 radical (unpaired) electrons. The van der Waals surface area contributed by atoms with Crippen molar-refractivity contribution in [3.8, 4) is 0 Å². The van der Waals surface area contributed by atoms with Crippen LogP contribution in [0, 0.1) is 55.2 Å². The van der Waals surface area contributed by atoms with E-state index in [2.05, 4.69) is 34.1 Å². The predicted molar refractivity (Wildman–Crippen MR) is 84.4 cm³/mol. The van der Waals surface area contributed by atoms with E-state index in [4.69, 9.17) is 24.5 Å². The van der Waals surface area contributed by atoms with Crippen molar-refractivity contribution in [2.75, 3.05) is 0 Å². The van der Waals surface area contributed by atoms with Gasteiger partial charge in [-0.25, -0.2) is 0 Å². The number of rotatable bonds is 5. The third-order valence-electron chi connectivity index (χ3n) is 3.65. The maximum absolute atomic E-state index is 11.6. The molecule has 6 nitrogen and oxygen atoms in total. The van der Waals surface area contributed by atoms with Crippen LogP contribution >= 0.6 is 0 Å². The minimum Gasteiger partial charge on any atom is -0.577 e. The summed E-state index contributed by atoms with van der Waals surface area (Å²) in [6, 6.07) is 0. The van der Waals surface area contributed by atoms with Gasteiger partial charge in [-0.1, -0.05) is 34.1 Å².